The third-order valence-electron chi connectivity index (χ3n) is 4.87. The number of unbranched alkanes of at least 4 members (excludes halogenated alkanes) is 1. The lowest BCUT2D eigenvalue weighted by Crippen LogP contribution is -2.46. The number of halogens is 2. The Morgan fingerprint density at radius 3 is 2.52 bits per heavy atom. The van der Waals surface area contributed by atoms with Gasteiger partial charge in [0.15, 0.2) is 5.96 Å². The Bertz CT molecular complexity index is 775. The molecular formula is C21H30FIN6. The molecule has 1 saturated heterocycles. The molecule has 0 saturated carbocycles. The largest absolute Gasteiger partial charge is 0.370 e. The molecule has 2 aromatic rings. The van der Waals surface area contributed by atoms with Crippen molar-refractivity contribution in [3.8, 4) is 0 Å². The van der Waals surface area contributed by atoms with Gasteiger partial charge in [0.2, 0.25) is 0 Å². The van der Waals surface area contributed by atoms with Crippen LogP contribution in [0.2, 0.25) is 0 Å². The first kappa shape index (κ1) is 23.2. The standard InChI is InChI=1S/C21H29FN6.HI/c1-2-3-9-25-21(23)26-16-17-8-10-24-20(15-17)28-13-11-27(12-14-28)19-6-4-18(22)5-7-19;/h4-8,10,15H,2-3,9,11-14,16H2,1H3,(H3,23,25,26);1H. The number of anilines is 2. The van der Waals surface area contributed by atoms with Crippen molar-refractivity contribution in [3.05, 3.63) is 54.0 Å². The van der Waals surface area contributed by atoms with Crippen molar-refractivity contribution in [1.82, 2.24) is 10.3 Å². The highest BCUT2D eigenvalue weighted by molar-refractivity contribution is 14.0. The van der Waals surface area contributed by atoms with Crippen LogP contribution in [0.5, 0.6) is 0 Å². The molecule has 3 N–H and O–H groups in total. The number of rotatable bonds is 7. The van der Waals surface area contributed by atoms with Crippen LogP contribution < -0.4 is 20.9 Å². The van der Waals surface area contributed by atoms with E-state index in [1.807, 2.05) is 24.4 Å². The molecule has 0 unspecified atom stereocenters. The number of hydrogen-bond acceptors (Lipinski definition) is 4. The number of guanidine groups is 1. The van der Waals surface area contributed by atoms with Crippen LogP contribution in [0.4, 0.5) is 15.9 Å². The molecule has 0 amide bonds. The molecule has 1 aromatic heterocycles. The number of nitrogens with one attached hydrogen (secondary N) is 1. The van der Waals surface area contributed by atoms with Gasteiger partial charge in [0.25, 0.3) is 0 Å². The Labute approximate surface area is 189 Å². The lowest BCUT2D eigenvalue weighted by molar-refractivity contribution is 0.624. The minimum Gasteiger partial charge on any atom is -0.370 e. The summed E-state index contributed by atoms with van der Waals surface area (Å²) < 4.78 is 13.1. The summed E-state index contributed by atoms with van der Waals surface area (Å²) in [6.07, 6.45) is 4.04. The molecule has 0 bridgehead atoms. The first-order chi connectivity index (χ1) is 13.7. The second kappa shape index (κ2) is 11.8. The molecule has 0 atom stereocenters. The maximum atomic E-state index is 13.1. The molecule has 0 radical (unpaired) electrons. The maximum absolute atomic E-state index is 13.1. The molecule has 1 aromatic carbocycles. The highest BCUT2D eigenvalue weighted by Crippen LogP contribution is 2.20. The van der Waals surface area contributed by atoms with E-state index in [4.69, 9.17) is 5.73 Å². The smallest absolute Gasteiger partial charge is 0.188 e. The highest BCUT2D eigenvalue weighted by atomic mass is 127. The van der Waals surface area contributed by atoms with E-state index in [9.17, 15) is 4.39 Å². The van der Waals surface area contributed by atoms with Gasteiger partial charge in [0.05, 0.1) is 6.54 Å². The van der Waals surface area contributed by atoms with E-state index in [-0.39, 0.29) is 29.8 Å². The van der Waals surface area contributed by atoms with Crippen LogP contribution >= 0.6 is 24.0 Å². The molecular weight excluding hydrogens is 482 g/mol. The van der Waals surface area contributed by atoms with Gasteiger partial charge in [0, 0.05) is 44.6 Å². The molecule has 0 aliphatic carbocycles. The predicted octanol–water partition coefficient (Wildman–Crippen LogP) is 3.37. The van der Waals surface area contributed by atoms with Gasteiger partial charge in [-0.2, -0.15) is 0 Å². The van der Waals surface area contributed by atoms with Crippen LogP contribution in [-0.2, 0) is 6.54 Å². The zero-order chi connectivity index (χ0) is 19.8. The molecule has 1 aliphatic heterocycles. The number of aromatic nitrogens is 1. The molecule has 8 heteroatoms. The van der Waals surface area contributed by atoms with Crippen LogP contribution in [-0.4, -0.2) is 43.7 Å². The van der Waals surface area contributed by atoms with E-state index in [2.05, 4.69) is 38.1 Å². The molecule has 1 aliphatic rings. The lowest BCUT2D eigenvalue weighted by Gasteiger charge is -2.36. The van der Waals surface area contributed by atoms with Crippen LogP contribution in [0.1, 0.15) is 25.3 Å². The van der Waals surface area contributed by atoms with Crippen molar-refractivity contribution in [3.63, 3.8) is 0 Å². The average Bonchev–Trinajstić information content (AvgIpc) is 2.73. The molecule has 1 fully saturated rings. The fraction of sp³-hybridized carbons (Fsp3) is 0.429. The monoisotopic (exact) mass is 512 g/mol. The van der Waals surface area contributed by atoms with Crippen molar-refractivity contribution >= 4 is 41.4 Å². The van der Waals surface area contributed by atoms with E-state index in [0.717, 1.165) is 62.6 Å². The second-order valence-electron chi connectivity index (χ2n) is 6.95. The van der Waals surface area contributed by atoms with E-state index in [1.54, 1.807) is 0 Å². The van der Waals surface area contributed by atoms with Gasteiger partial charge < -0.3 is 20.9 Å². The van der Waals surface area contributed by atoms with Gasteiger partial charge >= 0.3 is 0 Å². The summed E-state index contributed by atoms with van der Waals surface area (Å²) in [5.41, 5.74) is 8.05. The summed E-state index contributed by atoms with van der Waals surface area (Å²) in [5, 5.41) is 3.13. The Morgan fingerprint density at radius 2 is 1.83 bits per heavy atom. The normalized spacial score (nSPS) is 14.5. The number of nitrogens with two attached hydrogens (primary N) is 1. The van der Waals surface area contributed by atoms with Crippen LogP contribution in [0.3, 0.4) is 0 Å². The minimum absolute atomic E-state index is 0. The second-order valence-corrected chi connectivity index (χ2v) is 6.95. The van der Waals surface area contributed by atoms with Gasteiger partial charge in [-0.15, -0.1) is 24.0 Å². The Morgan fingerprint density at radius 1 is 1.14 bits per heavy atom. The van der Waals surface area contributed by atoms with Gasteiger partial charge in [-0.25, -0.2) is 14.4 Å². The van der Waals surface area contributed by atoms with Crippen molar-refractivity contribution in [1.29, 1.82) is 0 Å². The van der Waals surface area contributed by atoms with E-state index >= 15 is 0 Å². The quantitative estimate of drug-likeness (QED) is 0.258. The van der Waals surface area contributed by atoms with Crippen LogP contribution in [0.15, 0.2) is 47.6 Å². The van der Waals surface area contributed by atoms with Crippen LogP contribution in [0, 0.1) is 5.82 Å². The summed E-state index contributed by atoms with van der Waals surface area (Å²) in [5.74, 6) is 1.25. The summed E-state index contributed by atoms with van der Waals surface area (Å²) in [6, 6.07) is 10.7. The average molecular weight is 512 g/mol. The molecule has 3 rings (SSSR count). The third kappa shape index (κ3) is 7.02. The number of aliphatic imine (C=N–C) groups is 1. The summed E-state index contributed by atoms with van der Waals surface area (Å²) in [6.45, 7) is 7.04. The minimum atomic E-state index is -0.202. The van der Waals surface area contributed by atoms with Crippen molar-refractivity contribution in [2.24, 2.45) is 10.7 Å². The Kier molecular flexibility index (Phi) is 9.43. The fourth-order valence-electron chi connectivity index (χ4n) is 3.20. The van der Waals surface area contributed by atoms with Crippen molar-refractivity contribution < 1.29 is 4.39 Å². The first-order valence-electron chi connectivity index (χ1n) is 9.90. The van der Waals surface area contributed by atoms with E-state index in [1.165, 1.54) is 12.1 Å². The van der Waals surface area contributed by atoms with E-state index < -0.39 is 0 Å². The number of pyridine rings is 1. The number of benzene rings is 1. The predicted molar refractivity (Wildman–Crippen MR) is 129 cm³/mol. The number of hydrogen-bond donors (Lipinski definition) is 2. The molecule has 0 spiro atoms. The summed E-state index contributed by atoms with van der Waals surface area (Å²) in [4.78, 5) is 13.5. The molecule has 2 heterocycles. The lowest BCUT2D eigenvalue weighted by atomic mass is 10.2. The van der Waals surface area contributed by atoms with E-state index in [0.29, 0.717) is 12.5 Å². The highest BCUT2D eigenvalue weighted by Gasteiger charge is 2.18. The zero-order valence-corrected chi connectivity index (χ0v) is 19.2. The molecule has 158 valence electrons. The Hall–Kier alpha value is -2.10. The van der Waals surface area contributed by atoms with Crippen LogP contribution in [0.25, 0.3) is 0 Å². The van der Waals surface area contributed by atoms with Gasteiger partial charge in [-0.05, 0) is 48.4 Å². The topological polar surface area (TPSA) is 69.8 Å². The SMILES string of the molecule is CCCCNC(N)=NCc1ccnc(N2CCN(c3ccc(F)cc3)CC2)c1.I. The van der Waals surface area contributed by atoms with Crippen molar-refractivity contribution in [2.45, 2.75) is 26.3 Å². The maximum Gasteiger partial charge on any atom is 0.188 e. The number of piperazine rings is 1. The zero-order valence-electron chi connectivity index (χ0n) is 16.9. The van der Waals surface area contributed by atoms with Gasteiger partial charge in [-0.1, -0.05) is 13.3 Å². The number of nitrogens with zero attached hydrogens (tertiary/aromatic N) is 4. The van der Waals surface area contributed by atoms with Gasteiger partial charge in [0.1, 0.15) is 11.6 Å². The Balaban J connectivity index is 0.00000300. The van der Waals surface area contributed by atoms with Gasteiger partial charge in [-0.3, -0.25) is 0 Å². The van der Waals surface area contributed by atoms with Crippen molar-refractivity contribution in [2.75, 3.05) is 42.5 Å². The summed E-state index contributed by atoms with van der Waals surface area (Å²) >= 11 is 0. The first-order valence-corrected chi connectivity index (χ1v) is 9.90. The summed E-state index contributed by atoms with van der Waals surface area (Å²) in [7, 11) is 0. The molecule has 6 nitrogen and oxygen atoms in total. The third-order valence-corrected chi connectivity index (χ3v) is 4.87. The fourth-order valence-corrected chi connectivity index (χ4v) is 3.20. The molecule has 29 heavy (non-hydrogen) atoms.